The van der Waals surface area contributed by atoms with E-state index >= 15 is 0 Å². The van der Waals surface area contributed by atoms with Crippen molar-refractivity contribution in [2.24, 2.45) is 17.8 Å². The summed E-state index contributed by atoms with van der Waals surface area (Å²) in [6.45, 7) is 1.55. The third kappa shape index (κ3) is 4.42. The van der Waals surface area contributed by atoms with E-state index in [0.29, 0.717) is 17.2 Å². The highest BCUT2D eigenvalue weighted by molar-refractivity contribution is 6.33. The number of carbonyl (C=O) groups excluding carboxylic acids is 4. The van der Waals surface area contributed by atoms with Crippen molar-refractivity contribution in [2.75, 3.05) is 19.2 Å². The van der Waals surface area contributed by atoms with Crippen LogP contribution in [0.1, 0.15) is 36.9 Å². The number of pyridine rings is 1. The van der Waals surface area contributed by atoms with E-state index in [1.807, 2.05) is 0 Å². The van der Waals surface area contributed by atoms with E-state index in [1.54, 1.807) is 19.1 Å². The predicted octanol–water partition coefficient (Wildman–Crippen LogP) is 4.95. The number of carbonyl (C=O) groups is 4. The number of ketones is 2. The molecule has 1 aromatic carbocycles. The second-order valence-corrected chi connectivity index (χ2v) is 11.6. The third-order valence-electron chi connectivity index (χ3n) is 8.80. The number of hydrazine groups is 1. The third-order valence-corrected chi connectivity index (χ3v) is 9.10. The van der Waals surface area contributed by atoms with Crippen LogP contribution in [-0.2, 0) is 25.4 Å². The highest BCUT2D eigenvalue weighted by Gasteiger charge is 2.57. The van der Waals surface area contributed by atoms with Crippen molar-refractivity contribution in [1.29, 1.82) is 0 Å². The molecule has 3 aliphatic carbocycles. The van der Waals surface area contributed by atoms with E-state index in [9.17, 15) is 37.5 Å². The first-order valence-electron chi connectivity index (χ1n) is 13.7. The molecular weight excluding hydrogens is 603 g/mol. The van der Waals surface area contributed by atoms with E-state index in [-0.39, 0.29) is 57.6 Å². The van der Waals surface area contributed by atoms with Gasteiger partial charge in [-0.2, -0.15) is 18.2 Å². The highest BCUT2D eigenvalue weighted by atomic mass is 35.5. The molecule has 4 atom stereocenters. The average molecular weight is 628 g/mol. The van der Waals surface area contributed by atoms with E-state index in [2.05, 4.69) is 4.98 Å². The normalized spacial score (nSPS) is 24.9. The number of imide groups is 1. The molecule has 2 amide bonds. The molecule has 1 N–H and O–H groups in total. The van der Waals surface area contributed by atoms with Crippen molar-refractivity contribution in [3.8, 4) is 11.5 Å². The Morgan fingerprint density at radius 3 is 2.48 bits per heavy atom. The average Bonchev–Trinajstić information content (AvgIpc) is 3.23. The highest BCUT2D eigenvalue weighted by Crippen LogP contribution is 2.55. The number of amides is 2. The summed E-state index contributed by atoms with van der Waals surface area (Å²) < 4.78 is 45.4. The molecule has 2 heterocycles. The lowest BCUT2D eigenvalue weighted by atomic mass is 9.59. The maximum Gasteiger partial charge on any atom is 0.433 e. The number of halogens is 4. The first-order valence-corrected chi connectivity index (χ1v) is 14.0. The molecule has 1 aromatic heterocycles. The number of aromatic nitrogens is 1. The summed E-state index contributed by atoms with van der Waals surface area (Å²) >= 11 is 6.18. The standard InChI is InChI=1S/C31H25ClF3N3O6/c1-13-10-20(39)18-12-17-15(24(26(18)27(13)41)14-4-8-22(44-3)21(40)11-14)5-6-16-25(17)30(43)38(29(16)42)37(2)28-19(32)7-9-23(36-28)31(33,34)35/h4-5,7-11,16-17,24-25,40H,6,12H2,1-3H3/t16-,17+,24-,25-/m0/s1. The Morgan fingerprint density at radius 2 is 1.82 bits per heavy atom. The van der Waals surface area contributed by atoms with Crippen LogP contribution in [0.2, 0.25) is 5.02 Å². The number of aromatic hydroxyl groups is 1. The van der Waals surface area contributed by atoms with E-state index in [0.717, 1.165) is 16.1 Å². The fraction of sp³-hybridized carbons (Fsp3) is 0.323. The molecule has 9 nitrogen and oxygen atoms in total. The van der Waals surface area contributed by atoms with Gasteiger partial charge < -0.3 is 9.84 Å². The topological polar surface area (TPSA) is 117 Å². The second kappa shape index (κ2) is 10.3. The number of hydrogen-bond donors (Lipinski definition) is 1. The zero-order chi connectivity index (χ0) is 31.8. The van der Waals surface area contributed by atoms with Crippen molar-refractivity contribution < 1.29 is 42.2 Å². The van der Waals surface area contributed by atoms with Crippen LogP contribution in [0.4, 0.5) is 19.0 Å². The van der Waals surface area contributed by atoms with Gasteiger partial charge in [-0.3, -0.25) is 24.2 Å². The van der Waals surface area contributed by atoms with E-state index < -0.39 is 53.2 Å². The molecule has 0 bridgehead atoms. The molecule has 6 rings (SSSR count). The van der Waals surface area contributed by atoms with Crippen LogP contribution >= 0.6 is 11.6 Å². The van der Waals surface area contributed by atoms with Gasteiger partial charge >= 0.3 is 6.18 Å². The molecule has 0 radical (unpaired) electrons. The monoisotopic (exact) mass is 627 g/mol. The largest absolute Gasteiger partial charge is 0.504 e. The summed E-state index contributed by atoms with van der Waals surface area (Å²) in [4.78, 5) is 58.1. The number of nitrogens with zero attached hydrogens (tertiary/aromatic N) is 3. The first kappa shape index (κ1) is 29.6. The van der Waals surface area contributed by atoms with Crippen molar-refractivity contribution in [1.82, 2.24) is 9.99 Å². The van der Waals surface area contributed by atoms with E-state index in [1.165, 1.54) is 32.4 Å². The number of ether oxygens (including phenoxy) is 1. The SMILES string of the molecule is COc1ccc([C@H]2C3=CC[C@@H]4C(=O)N(N(C)c5nc(C(F)(F)F)ccc5Cl)C(=O)[C@@H]4[C@@H]3CC3=C2C(=O)C(C)=CC3=O)cc1O. The molecule has 2 aromatic rings. The maximum atomic E-state index is 14.1. The van der Waals surface area contributed by atoms with Crippen LogP contribution in [0.3, 0.4) is 0 Å². The van der Waals surface area contributed by atoms with Crippen LogP contribution in [0.25, 0.3) is 0 Å². The number of phenols is 1. The molecule has 44 heavy (non-hydrogen) atoms. The van der Waals surface area contributed by atoms with Crippen LogP contribution in [0.15, 0.2) is 64.8 Å². The lowest BCUT2D eigenvalue weighted by Crippen LogP contribution is -2.46. The van der Waals surface area contributed by atoms with Gasteiger partial charge in [-0.25, -0.2) is 4.98 Å². The molecule has 228 valence electrons. The minimum atomic E-state index is -4.79. The van der Waals surface area contributed by atoms with E-state index in [4.69, 9.17) is 16.3 Å². The molecule has 0 spiro atoms. The Labute approximate surface area is 254 Å². The van der Waals surface area contributed by atoms with Crippen molar-refractivity contribution in [2.45, 2.75) is 31.9 Å². The molecule has 13 heteroatoms. The lowest BCUT2D eigenvalue weighted by Gasteiger charge is -2.42. The summed E-state index contributed by atoms with van der Waals surface area (Å²) in [5.41, 5.74) is 0.627. The van der Waals surface area contributed by atoms with Gasteiger partial charge in [0, 0.05) is 29.7 Å². The number of methoxy groups -OCH3 is 1. The lowest BCUT2D eigenvalue weighted by molar-refractivity contribution is -0.141. The predicted molar refractivity (Wildman–Crippen MR) is 150 cm³/mol. The van der Waals surface area contributed by atoms with Gasteiger partial charge in [0.2, 0.25) is 0 Å². The first-order chi connectivity index (χ1) is 20.7. The van der Waals surface area contributed by atoms with Crippen LogP contribution < -0.4 is 9.75 Å². The number of rotatable bonds is 4. The zero-order valence-corrected chi connectivity index (χ0v) is 24.4. The Kier molecular flexibility index (Phi) is 6.95. The Bertz CT molecular complexity index is 1760. The van der Waals surface area contributed by atoms with Gasteiger partial charge in [-0.15, -0.1) is 0 Å². The number of hydrogen-bond acceptors (Lipinski definition) is 8. The minimum Gasteiger partial charge on any atom is -0.504 e. The number of phenolic OH excluding ortho intramolecular Hbond substituents is 1. The molecule has 1 saturated heterocycles. The van der Waals surface area contributed by atoms with Crippen LogP contribution in [0, 0.1) is 17.8 Å². The number of allylic oxidation sites excluding steroid dienone is 6. The Balaban J connectivity index is 1.43. The minimum absolute atomic E-state index is 0.00840. The number of benzene rings is 1. The zero-order valence-electron chi connectivity index (χ0n) is 23.6. The number of alkyl halides is 3. The van der Waals surface area contributed by atoms with Crippen molar-refractivity contribution >= 4 is 40.8 Å². The van der Waals surface area contributed by atoms with Gasteiger partial charge in [0.15, 0.2) is 28.9 Å². The quantitative estimate of drug-likeness (QED) is 0.288. The number of anilines is 1. The summed E-state index contributed by atoms with van der Waals surface area (Å²) in [6.07, 6.45) is -1.64. The summed E-state index contributed by atoms with van der Waals surface area (Å²) in [5.74, 6) is -5.79. The van der Waals surface area contributed by atoms with Crippen LogP contribution in [-0.4, -0.2) is 52.6 Å². The molecule has 1 fully saturated rings. The molecule has 0 unspecified atom stereocenters. The van der Waals surface area contributed by atoms with Crippen molar-refractivity contribution in [3.63, 3.8) is 0 Å². The van der Waals surface area contributed by atoms with Gasteiger partial charge in [0.25, 0.3) is 11.8 Å². The van der Waals surface area contributed by atoms with Gasteiger partial charge in [-0.1, -0.05) is 29.3 Å². The summed E-state index contributed by atoms with van der Waals surface area (Å²) in [6, 6.07) is 6.33. The van der Waals surface area contributed by atoms with Gasteiger partial charge in [0.1, 0.15) is 5.69 Å². The fourth-order valence-electron chi connectivity index (χ4n) is 6.82. The van der Waals surface area contributed by atoms with Gasteiger partial charge in [-0.05, 0) is 61.6 Å². The smallest absolute Gasteiger partial charge is 0.433 e. The Morgan fingerprint density at radius 1 is 1.09 bits per heavy atom. The molecule has 4 aliphatic rings. The number of Topliss-reactive ketones (excluding diaryl/α,β-unsaturated/α-hetero) is 1. The fourth-order valence-corrected chi connectivity index (χ4v) is 7.04. The molecular formula is C31H25ClF3N3O6. The maximum absolute atomic E-state index is 14.1. The molecule has 1 aliphatic heterocycles. The Hall–Kier alpha value is -4.45. The van der Waals surface area contributed by atoms with Crippen LogP contribution in [0.5, 0.6) is 11.5 Å². The summed E-state index contributed by atoms with van der Waals surface area (Å²) in [7, 11) is 2.62. The van der Waals surface area contributed by atoms with Crippen molar-refractivity contribution in [3.05, 3.63) is 81.1 Å². The van der Waals surface area contributed by atoms with Gasteiger partial charge in [0.05, 0.1) is 24.0 Å². The molecule has 0 saturated carbocycles. The summed E-state index contributed by atoms with van der Waals surface area (Å²) in [5, 5.41) is 12.1. The number of fused-ring (bicyclic) bond motifs is 3. The second-order valence-electron chi connectivity index (χ2n) is 11.2.